The Balaban J connectivity index is 1.61. The van der Waals surface area contributed by atoms with E-state index in [1.54, 1.807) is 24.3 Å². The molecule has 0 aliphatic carbocycles. The second-order valence-electron chi connectivity index (χ2n) is 5.52. The zero-order valence-electron chi connectivity index (χ0n) is 13.4. The third kappa shape index (κ3) is 4.37. The fraction of sp³-hybridized carbons (Fsp3) is 0.294. The quantitative estimate of drug-likeness (QED) is 0.884. The Hall–Kier alpha value is -2.85. The number of carbonyl (C=O) groups excluding carboxylic acids is 1. The van der Waals surface area contributed by atoms with Crippen LogP contribution in [0.5, 0.6) is 5.75 Å². The third-order valence-electron chi connectivity index (χ3n) is 3.73. The van der Waals surface area contributed by atoms with Crippen molar-refractivity contribution in [1.82, 2.24) is 9.97 Å². The number of ether oxygens (including phenoxy) is 1. The summed E-state index contributed by atoms with van der Waals surface area (Å²) in [6, 6.07) is 8.71. The van der Waals surface area contributed by atoms with E-state index in [4.69, 9.17) is 16.3 Å². The molecule has 7 nitrogen and oxygen atoms in total. The van der Waals surface area contributed by atoms with E-state index >= 15 is 0 Å². The first-order valence-electron chi connectivity index (χ1n) is 7.86. The van der Waals surface area contributed by atoms with Crippen molar-refractivity contribution < 1.29 is 9.53 Å². The average Bonchev–Trinajstić information content (AvgIpc) is 3.16. The molecule has 0 radical (unpaired) electrons. The molecule has 0 spiro atoms. The third-order valence-corrected chi connectivity index (χ3v) is 3.96. The lowest BCUT2D eigenvalue weighted by Crippen LogP contribution is -2.22. The minimum Gasteiger partial charge on any atom is -0.481 e. The van der Waals surface area contributed by atoms with Crippen molar-refractivity contribution in [3.8, 4) is 11.8 Å². The van der Waals surface area contributed by atoms with Crippen LogP contribution in [0.4, 0.5) is 11.6 Å². The van der Waals surface area contributed by atoms with E-state index in [1.165, 1.54) is 6.20 Å². The Kier molecular flexibility index (Phi) is 5.31. The van der Waals surface area contributed by atoms with Gasteiger partial charge in [0.1, 0.15) is 17.7 Å². The summed E-state index contributed by atoms with van der Waals surface area (Å²) in [5.41, 5.74) is 0.168. The van der Waals surface area contributed by atoms with Crippen LogP contribution in [0.1, 0.15) is 18.5 Å². The van der Waals surface area contributed by atoms with Crippen molar-refractivity contribution in [3.05, 3.63) is 41.2 Å². The van der Waals surface area contributed by atoms with Crippen LogP contribution in [0, 0.1) is 11.3 Å². The first-order valence-corrected chi connectivity index (χ1v) is 8.24. The molecule has 0 unspecified atom stereocenters. The molecule has 2 aromatic rings. The molecule has 8 heteroatoms. The zero-order valence-corrected chi connectivity index (χ0v) is 14.2. The van der Waals surface area contributed by atoms with Gasteiger partial charge in [-0.2, -0.15) is 5.26 Å². The summed E-state index contributed by atoms with van der Waals surface area (Å²) < 4.78 is 5.43. The number of pyridine rings is 2. The predicted octanol–water partition coefficient (Wildman–Crippen LogP) is 2.62. The lowest BCUT2D eigenvalue weighted by atomic mass is 10.3. The number of rotatable bonds is 5. The van der Waals surface area contributed by atoms with E-state index in [0.717, 1.165) is 31.7 Å². The molecule has 128 valence electrons. The lowest BCUT2D eigenvalue weighted by molar-refractivity contribution is -0.118. The summed E-state index contributed by atoms with van der Waals surface area (Å²) in [5.74, 6) is 1.03. The van der Waals surface area contributed by atoms with Crippen LogP contribution in [0.15, 0.2) is 30.5 Å². The number of aromatic nitrogens is 2. The van der Waals surface area contributed by atoms with E-state index in [0.29, 0.717) is 10.8 Å². The maximum absolute atomic E-state index is 11.9. The van der Waals surface area contributed by atoms with Crippen LogP contribution < -0.4 is 15.0 Å². The van der Waals surface area contributed by atoms with Crippen molar-refractivity contribution in [2.24, 2.45) is 0 Å². The number of nitrogens with zero attached hydrogens (tertiary/aromatic N) is 4. The van der Waals surface area contributed by atoms with Crippen LogP contribution >= 0.6 is 11.6 Å². The molecule has 3 heterocycles. The van der Waals surface area contributed by atoms with Gasteiger partial charge in [0.05, 0.1) is 5.02 Å². The van der Waals surface area contributed by atoms with Gasteiger partial charge in [-0.1, -0.05) is 11.6 Å². The molecule has 1 aliphatic heterocycles. The fourth-order valence-corrected chi connectivity index (χ4v) is 2.64. The number of hydrogen-bond donors (Lipinski definition) is 1. The number of hydrogen-bond acceptors (Lipinski definition) is 6. The molecule has 25 heavy (non-hydrogen) atoms. The van der Waals surface area contributed by atoms with E-state index in [2.05, 4.69) is 20.2 Å². The summed E-state index contributed by atoms with van der Waals surface area (Å²) in [6.45, 7) is 1.63. The monoisotopic (exact) mass is 357 g/mol. The van der Waals surface area contributed by atoms with Gasteiger partial charge >= 0.3 is 0 Å². The maximum atomic E-state index is 11.9. The van der Waals surface area contributed by atoms with Gasteiger partial charge in [-0.3, -0.25) is 4.79 Å². The van der Waals surface area contributed by atoms with Gasteiger partial charge in [0.15, 0.2) is 18.1 Å². The van der Waals surface area contributed by atoms with Gasteiger partial charge in [-0.25, -0.2) is 9.97 Å². The number of halogens is 1. The molecule has 1 fully saturated rings. The Bertz CT molecular complexity index is 798. The predicted molar refractivity (Wildman–Crippen MR) is 93.8 cm³/mol. The molecule has 0 aromatic carbocycles. The van der Waals surface area contributed by atoms with Gasteiger partial charge < -0.3 is 15.0 Å². The molecule has 2 aromatic heterocycles. The smallest absolute Gasteiger partial charge is 0.263 e. The van der Waals surface area contributed by atoms with Crippen molar-refractivity contribution in [2.45, 2.75) is 12.8 Å². The number of carbonyl (C=O) groups is 1. The van der Waals surface area contributed by atoms with Crippen molar-refractivity contribution in [3.63, 3.8) is 0 Å². The standard InChI is InChI=1S/C17H16ClN5O2/c18-12-3-5-15(20-10-12)22-17(24)11-25-14-4-6-16(21-13(14)9-19)23-7-1-2-8-23/h3-6,10H,1-2,7-8,11H2,(H,20,22,24). The maximum Gasteiger partial charge on any atom is 0.263 e. The van der Waals surface area contributed by atoms with E-state index < -0.39 is 0 Å². The molecule has 0 bridgehead atoms. The number of nitriles is 1. The van der Waals surface area contributed by atoms with Crippen molar-refractivity contribution in [1.29, 1.82) is 5.26 Å². The number of amides is 1. The fourth-order valence-electron chi connectivity index (χ4n) is 2.53. The minimum absolute atomic E-state index is 0.168. The Labute approximate surface area is 150 Å². The zero-order chi connectivity index (χ0) is 17.6. The first kappa shape index (κ1) is 17.0. The molecule has 1 N–H and O–H groups in total. The van der Waals surface area contributed by atoms with Crippen molar-refractivity contribution in [2.75, 3.05) is 29.9 Å². The Morgan fingerprint density at radius 2 is 2.12 bits per heavy atom. The molecule has 0 atom stereocenters. The van der Waals surface area contributed by atoms with Crippen LogP contribution in [-0.2, 0) is 4.79 Å². The van der Waals surface area contributed by atoms with E-state index in [-0.39, 0.29) is 24.0 Å². The average molecular weight is 358 g/mol. The highest BCUT2D eigenvalue weighted by Gasteiger charge is 2.16. The molecule has 1 saturated heterocycles. The topological polar surface area (TPSA) is 91.1 Å². The molecule has 3 rings (SSSR count). The van der Waals surface area contributed by atoms with Gasteiger partial charge in [-0.15, -0.1) is 0 Å². The second-order valence-corrected chi connectivity index (χ2v) is 5.96. The van der Waals surface area contributed by atoms with E-state index in [1.807, 2.05) is 6.07 Å². The van der Waals surface area contributed by atoms with Gasteiger partial charge in [0, 0.05) is 19.3 Å². The molecule has 1 amide bonds. The molecule has 1 aliphatic rings. The highest BCUT2D eigenvalue weighted by Crippen LogP contribution is 2.23. The second kappa shape index (κ2) is 7.81. The van der Waals surface area contributed by atoms with Gasteiger partial charge in [0.2, 0.25) is 0 Å². The van der Waals surface area contributed by atoms with Crippen molar-refractivity contribution >= 4 is 29.1 Å². The van der Waals surface area contributed by atoms with Gasteiger partial charge in [0.25, 0.3) is 5.91 Å². The summed E-state index contributed by atoms with van der Waals surface area (Å²) in [4.78, 5) is 22.4. The molecular weight excluding hydrogens is 342 g/mol. The molecule has 0 saturated carbocycles. The van der Waals surface area contributed by atoms with Crippen LogP contribution in [0.2, 0.25) is 5.02 Å². The number of anilines is 2. The van der Waals surface area contributed by atoms with Crippen LogP contribution in [0.3, 0.4) is 0 Å². The number of nitrogens with one attached hydrogen (secondary N) is 1. The first-order chi connectivity index (χ1) is 12.2. The minimum atomic E-state index is -0.387. The SMILES string of the molecule is N#Cc1nc(N2CCCC2)ccc1OCC(=O)Nc1ccc(Cl)cn1. The largest absolute Gasteiger partial charge is 0.481 e. The normalized spacial score (nSPS) is 13.4. The Morgan fingerprint density at radius 3 is 2.80 bits per heavy atom. The Morgan fingerprint density at radius 1 is 1.32 bits per heavy atom. The lowest BCUT2D eigenvalue weighted by Gasteiger charge is -2.17. The summed E-state index contributed by atoms with van der Waals surface area (Å²) in [7, 11) is 0. The van der Waals surface area contributed by atoms with Crippen LogP contribution in [0.25, 0.3) is 0 Å². The highest BCUT2D eigenvalue weighted by molar-refractivity contribution is 6.30. The van der Waals surface area contributed by atoms with E-state index in [9.17, 15) is 10.1 Å². The van der Waals surface area contributed by atoms with Gasteiger partial charge in [-0.05, 0) is 37.1 Å². The summed E-state index contributed by atoms with van der Waals surface area (Å²) in [6.07, 6.45) is 3.69. The summed E-state index contributed by atoms with van der Waals surface area (Å²) >= 11 is 5.74. The summed E-state index contributed by atoms with van der Waals surface area (Å²) in [5, 5.41) is 12.3. The highest BCUT2D eigenvalue weighted by atomic mass is 35.5. The molecular formula is C17H16ClN5O2. The van der Waals surface area contributed by atoms with Crippen LogP contribution in [-0.4, -0.2) is 35.6 Å².